The number of carbonyl (C=O) groups excluding carboxylic acids is 1. The van der Waals surface area contributed by atoms with Crippen molar-refractivity contribution in [3.05, 3.63) is 29.8 Å². The van der Waals surface area contributed by atoms with Crippen LogP contribution in [0.2, 0.25) is 0 Å². The maximum atomic E-state index is 12.2. The van der Waals surface area contributed by atoms with E-state index in [1.54, 1.807) is 29.2 Å². The summed E-state index contributed by atoms with van der Waals surface area (Å²) in [5, 5.41) is 20.9. The fourth-order valence-corrected chi connectivity index (χ4v) is 2.32. The molecule has 1 aliphatic heterocycles. The van der Waals surface area contributed by atoms with Gasteiger partial charge in [0.1, 0.15) is 0 Å². The van der Waals surface area contributed by atoms with E-state index in [0.717, 1.165) is 19.3 Å². The third-order valence-corrected chi connectivity index (χ3v) is 3.34. The van der Waals surface area contributed by atoms with Crippen LogP contribution in [0.3, 0.4) is 0 Å². The van der Waals surface area contributed by atoms with Gasteiger partial charge in [0, 0.05) is 12.2 Å². The SMILES string of the molecule is N#Cc1cccc(NC(=O)N2CCCCC2CO)c1. The highest BCUT2D eigenvalue weighted by Crippen LogP contribution is 2.18. The standard InChI is InChI=1S/C14H17N3O2/c15-9-11-4-3-5-12(8-11)16-14(19)17-7-2-1-6-13(17)10-18/h3-5,8,13,18H,1-2,6-7,10H2,(H,16,19). The minimum absolute atomic E-state index is 0.00828. The lowest BCUT2D eigenvalue weighted by Crippen LogP contribution is -2.47. The van der Waals surface area contributed by atoms with E-state index in [1.807, 2.05) is 6.07 Å². The maximum Gasteiger partial charge on any atom is 0.322 e. The summed E-state index contributed by atoms with van der Waals surface area (Å²) in [6, 6.07) is 8.52. The monoisotopic (exact) mass is 259 g/mol. The molecule has 5 heteroatoms. The molecule has 0 radical (unpaired) electrons. The van der Waals surface area contributed by atoms with Crippen molar-refractivity contribution in [2.24, 2.45) is 0 Å². The number of anilines is 1. The summed E-state index contributed by atoms with van der Waals surface area (Å²) >= 11 is 0. The molecule has 1 saturated heterocycles. The highest BCUT2D eigenvalue weighted by atomic mass is 16.3. The van der Waals surface area contributed by atoms with Gasteiger partial charge < -0.3 is 15.3 Å². The number of hydrogen-bond acceptors (Lipinski definition) is 3. The Bertz CT molecular complexity index is 496. The average Bonchev–Trinajstić information content (AvgIpc) is 2.47. The van der Waals surface area contributed by atoms with E-state index in [-0.39, 0.29) is 18.7 Å². The molecule has 0 spiro atoms. The fraction of sp³-hybridized carbons (Fsp3) is 0.429. The predicted molar refractivity (Wildman–Crippen MR) is 71.6 cm³/mol. The van der Waals surface area contributed by atoms with Crippen LogP contribution < -0.4 is 5.32 Å². The maximum absolute atomic E-state index is 12.2. The van der Waals surface area contributed by atoms with E-state index in [9.17, 15) is 9.90 Å². The highest BCUT2D eigenvalue weighted by Gasteiger charge is 2.25. The van der Waals surface area contributed by atoms with E-state index in [4.69, 9.17) is 5.26 Å². The van der Waals surface area contributed by atoms with Crippen LogP contribution in [0.5, 0.6) is 0 Å². The summed E-state index contributed by atoms with van der Waals surface area (Å²) < 4.78 is 0. The summed E-state index contributed by atoms with van der Waals surface area (Å²) in [6.45, 7) is 0.653. The van der Waals surface area contributed by atoms with Crippen LogP contribution in [0, 0.1) is 11.3 Å². The van der Waals surface area contributed by atoms with Gasteiger partial charge in [0.15, 0.2) is 0 Å². The first-order chi connectivity index (χ1) is 9.24. The number of likely N-dealkylation sites (tertiary alicyclic amines) is 1. The lowest BCUT2D eigenvalue weighted by atomic mass is 10.0. The van der Waals surface area contributed by atoms with Gasteiger partial charge in [-0.15, -0.1) is 0 Å². The number of nitrogens with zero attached hydrogens (tertiary/aromatic N) is 2. The quantitative estimate of drug-likeness (QED) is 0.852. The smallest absolute Gasteiger partial charge is 0.322 e. The number of amides is 2. The van der Waals surface area contributed by atoms with E-state index < -0.39 is 0 Å². The number of aliphatic hydroxyl groups excluding tert-OH is 1. The fourth-order valence-electron chi connectivity index (χ4n) is 2.32. The van der Waals surface area contributed by atoms with Crippen molar-refractivity contribution in [3.63, 3.8) is 0 Å². The topological polar surface area (TPSA) is 76.4 Å². The van der Waals surface area contributed by atoms with Crippen LogP contribution in [0.4, 0.5) is 10.5 Å². The lowest BCUT2D eigenvalue weighted by molar-refractivity contribution is 0.115. The predicted octanol–water partition coefficient (Wildman–Crippen LogP) is 1.94. The minimum Gasteiger partial charge on any atom is -0.394 e. The number of nitrogens with one attached hydrogen (secondary N) is 1. The molecule has 0 aromatic heterocycles. The molecule has 2 amide bonds. The first-order valence-electron chi connectivity index (χ1n) is 6.43. The normalized spacial score (nSPS) is 18.7. The van der Waals surface area contributed by atoms with Crippen molar-refractivity contribution >= 4 is 11.7 Å². The molecule has 1 aliphatic rings. The number of rotatable bonds is 2. The second-order valence-corrected chi connectivity index (χ2v) is 4.65. The van der Waals surface area contributed by atoms with E-state index in [1.165, 1.54) is 0 Å². The van der Waals surface area contributed by atoms with Crippen LogP contribution in [-0.2, 0) is 0 Å². The number of hydrogen-bond donors (Lipinski definition) is 2. The molecular weight excluding hydrogens is 242 g/mol. The van der Waals surface area contributed by atoms with Gasteiger partial charge in [-0.1, -0.05) is 6.07 Å². The van der Waals surface area contributed by atoms with Crippen molar-refractivity contribution in [1.29, 1.82) is 5.26 Å². The Morgan fingerprint density at radius 3 is 3.11 bits per heavy atom. The molecule has 2 N–H and O–H groups in total. The molecule has 0 saturated carbocycles. The second kappa shape index (κ2) is 6.21. The van der Waals surface area contributed by atoms with Gasteiger partial charge >= 0.3 is 6.03 Å². The highest BCUT2D eigenvalue weighted by molar-refractivity contribution is 5.89. The third kappa shape index (κ3) is 3.24. The molecular formula is C14H17N3O2. The van der Waals surface area contributed by atoms with Crippen molar-refractivity contribution in [2.75, 3.05) is 18.5 Å². The first-order valence-corrected chi connectivity index (χ1v) is 6.43. The van der Waals surface area contributed by atoms with Crippen LogP contribution in [0.1, 0.15) is 24.8 Å². The van der Waals surface area contributed by atoms with Gasteiger partial charge in [0.25, 0.3) is 0 Å². The molecule has 100 valence electrons. The van der Waals surface area contributed by atoms with Gasteiger partial charge in [-0.05, 0) is 37.5 Å². The van der Waals surface area contributed by atoms with Crippen LogP contribution >= 0.6 is 0 Å². The van der Waals surface area contributed by atoms with E-state index >= 15 is 0 Å². The molecule has 0 bridgehead atoms. The largest absolute Gasteiger partial charge is 0.394 e. The number of benzene rings is 1. The molecule has 1 aromatic carbocycles. The molecule has 2 rings (SSSR count). The van der Waals surface area contributed by atoms with Crippen LogP contribution in [0.15, 0.2) is 24.3 Å². The summed E-state index contributed by atoms with van der Waals surface area (Å²) in [5.74, 6) is 0. The van der Waals surface area contributed by atoms with Crippen molar-refractivity contribution in [3.8, 4) is 6.07 Å². The molecule has 1 heterocycles. The first kappa shape index (κ1) is 13.4. The zero-order valence-electron chi connectivity index (χ0n) is 10.7. The minimum atomic E-state index is -0.214. The molecule has 1 unspecified atom stereocenters. The summed E-state index contributed by atoms with van der Waals surface area (Å²) in [7, 11) is 0. The molecule has 1 fully saturated rings. The zero-order chi connectivity index (χ0) is 13.7. The van der Waals surface area contributed by atoms with Crippen LogP contribution in [-0.4, -0.2) is 35.2 Å². The average molecular weight is 259 g/mol. The van der Waals surface area contributed by atoms with Gasteiger partial charge in [0.2, 0.25) is 0 Å². The second-order valence-electron chi connectivity index (χ2n) is 4.65. The van der Waals surface area contributed by atoms with Crippen molar-refractivity contribution in [1.82, 2.24) is 4.90 Å². The molecule has 1 aromatic rings. The lowest BCUT2D eigenvalue weighted by Gasteiger charge is -2.34. The van der Waals surface area contributed by atoms with E-state index in [0.29, 0.717) is 17.8 Å². The molecule has 19 heavy (non-hydrogen) atoms. The Morgan fingerprint density at radius 2 is 2.37 bits per heavy atom. The molecule has 0 aliphatic carbocycles. The zero-order valence-corrected chi connectivity index (χ0v) is 10.7. The number of urea groups is 1. The Labute approximate surface area is 112 Å². The van der Waals surface area contributed by atoms with E-state index in [2.05, 4.69) is 5.32 Å². The van der Waals surface area contributed by atoms with Gasteiger partial charge in [0.05, 0.1) is 24.3 Å². The number of nitriles is 1. The van der Waals surface area contributed by atoms with Crippen LogP contribution in [0.25, 0.3) is 0 Å². The Kier molecular flexibility index (Phi) is 4.37. The number of carbonyl (C=O) groups is 1. The van der Waals surface area contributed by atoms with Gasteiger partial charge in [-0.3, -0.25) is 0 Å². The molecule has 1 atom stereocenters. The van der Waals surface area contributed by atoms with Crippen molar-refractivity contribution in [2.45, 2.75) is 25.3 Å². The number of aliphatic hydroxyl groups is 1. The Morgan fingerprint density at radius 1 is 1.53 bits per heavy atom. The Hall–Kier alpha value is -2.06. The Balaban J connectivity index is 2.05. The van der Waals surface area contributed by atoms with Gasteiger partial charge in [-0.2, -0.15) is 5.26 Å². The third-order valence-electron chi connectivity index (χ3n) is 3.34. The number of piperidine rings is 1. The summed E-state index contributed by atoms with van der Waals surface area (Å²) in [4.78, 5) is 13.8. The molecule has 5 nitrogen and oxygen atoms in total. The summed E-state index contributed by atoms with van der Waals surface area (Å²) in [5.41, 5.74) is 1.11. The van der Waals surface area contributed by atoms with Crippen molar-refractivity contribution < 1.29 is 9.90 Å². The van der Waals surface area contributed by atoms with Gasteiger partial charge in [-0.25, -0.2) is 4.79 Å². The summed E-state index contributed by atoms with van der Waals surface area (Å²) in [6.07, 6.45) is 2.84.